The normalized spacial score (nSPS) is 16.0. The molecule has 0 radical (unpaired) electrons. The maximum Gasteiger partial charge on any atom is 0.253 e. The van der Waals surface area contributed by atoms with Crippen LogP contribution in [-0.2, 0) is 0 Å². The minimum Gasteiger partial charge on any atom is -0.354 e. The van der Waals surface area contributed by atoms with Crippen molar-refractivity contribution >= 4 is 49.7 Å². The topological polar surface area (TPSA) is 83.0 Å². The second-order valence-corrected chi connectivity index (χ2v) is 10.3. The number of likely N-dealkylation sites (tertiary alicyclic amines) is 1. The first-order valence-corrected chi connectivity index (χ1v) is 12.9. The van der Waals surface area contributed by atoms with Crippen LogP contribution in [0.15, 0.2) is 66.6 Å². The van der Waals surface area contributed by atoms with Gasteiger partial charge in [-0.1, -0.05) is 6.07 Å². The molecule has 1 unspecified atom stereocenters. The SMILES string of the molecule is Cc1csc2ccc(-c3cc(Nc4cnccc4C(=O)NC4CCN(C)C4)cc4nccnc34)cc12. The van der Waals surface area contributed by atoms with Gasteiger partial charge < -0.3 is 15.5 Å². The van der Waals surface area contributed by atoms with Crippen LogP contribution in [0.2, 0.25) is 0 Å². The van der Waals surface area contributed by atoms with E-state index in [4.69, 9.17) is 0 Å². The van der Waals surface area contributed by atoms with Crippen LogP contribution in [-0.4, -0.2) is 51.9 Å². The Hall–Kier alpha value is -3.88. The summed E-state index contributed by atoms with van der Waals surface area (Å²) in [5, 5.41) is 10.0. The number of nitrogens with one attached hydrogen (secondary N) is 2. The molecular weight excluding hydrogens is 468 g/mol. The summed E-state index contributed by atoms with van der Waals surface area (Å²) in [4.78, 5) is 28.8. The second-order valence-electron chi connectivity index (χ2n) is 9.35. The number of hydrogen-bond donors (Lipinski definition) is 2. The first-order chi connectivity index (χ1) is 17.5. The molecule has 1 amide bonds. The molecule has 1 fully saturated rings. The molecule has 180 valence electrons. The Kier molecular flexibility index (Phi) is 5.83. The van der Waals surface area contributed by atoms with E-state index in [1.165, 1.54) is 15.6 Å². The minimum atomic E-state index is -0.0978. The van der Waals surface area contributed by atoms with Gasteiger partial charge in [0.05, 0.1) is 28.5 Å². The number of hydrogen-bond acceptors (Lipinski definition) is 7. The summed E-state index contributed by atoms with van der Waals surface area (Å²) in [6.07, 6.45) is 7.71. The number of rotatable bonds is 5. The van der Waals surface area contributed by atoms with Gasteiger partial charge in [-0.25, -0.2) is 0 Å². The van der Waals surface area contributed by atoms with E-state index in [1.807, 2.05) is 6.07 Å². The van der Waals surface area contributed by atoms with Crippen molar-refractivity contribution in [2.24, 2.45) is 0 Å². The number of benzene rings is 2. The van der Waals surface area contributed by atoms with Crippen LogP contribution >= 0.6 is 11.3 Å². The Morgan fingerprint density at radius 1 is 1.11 bits per heavy atom. The highest BCUT2D eigenvalue weighted by atomic mass is 32.1. The summed E-state index contributed by atoms with van der Waals surface area (Å²) in [6.45, 7) is 3.99. The number of amides is 1. The van der Waals surface area contributed by atoms with E-state index in [9.17, 15) is 4.79 Å². The number of fused-ring (bicyclic) bond motifs is 2. The Morgan fingerprint density at radius 2 is 2.00 bits per heavy atom. The molecule has 1 saturated heterocycles. The number of pyridine rings is 1. The van der Waals surface area contributed by atoms with E-state index in [2.05, 4.69) is 74.1 Å². The lowest BCUT2D eigenvalue weighted by Gasteiger charge is -2.16. The molecule has 36 heavy (non-hydrogen) atoms. The van der Waals surface area contributed by atoms with Crippen molar-refractivity contribution in [3.05, 3.63) is 77.7 Å². The number of aryl methyl sites for hydroxylation is 1. The molecule has 0 aliphatic carbocycles. The van der Waals surface area contributed by atoms with Gasteiger partial charge in [0, 0.05) is 47.1 Å². The Bertz CT molecular complexity index is 1600. The van der Waals surface area contributed by atoms with Crippen LogP contribution in [0, 0.1) is 6.92 Å². The molecule has 1 aliphatic heterocycles. The lowest BCUT2D eigenvalue weighted by atomic mass is 10.0. The molecule has 5 aromatic rings. The maximum absolute atomic E-state index is 13.1. The van der Waals surface area contributed by atoms with Gasteiger partial charge in [0.1, 0.15) is 0 Å². The molecule has 2 aromatic carbocycles. The summed E-state index contributed by atoms with van der Waals surface area (Å²) < 4.78 is 1.26. The van der Waals surface area contributed by atoms with Gasteiger partial charge >= 0.3 is 0 Å². The average molecular weight is 495 g/mol. The summed E-state index contributed by atoms with van der Waals surface area (Å²) in [5.74, 6) is -0.0978. The van der Waals surface area contributed by atoms with E-state index < -0.39 is 0 Å². The average Bonchev–Trinajstić information content (AvgIpc) is 3.48. The Labute approximate surface area is 213 Å². The highest BCUT2D eigenvalue weighted by Gasteiger charge is 2.23. The number of thiophene rings is 1. The molecule has 0 saturated carbocycles. The quantitative estimate of drug-likeness (QED) is 0.341. The molecule has 2 N–H and O–H groups in total. The fraction of sp³-hybridized carbons (Fsp3) is 0.214. The zero-order chi connectivity index (χ0) is 24.6. The van der Waals surface area contributed by atoms with E-state index in [-0.39, 0.29) is 11.9 Å². The molecule has 6 rings (SSSR count). The predicted octanol–water partition coefficient (Wildman–Crippen LogP) is 5.39. The lowest BCUT2D eigenvalue weighted by Crippen LogP contribution is -2.36. The number of nitrogens with zero attached hydrogens (tertiary/aromatic N) is 4. The van der Waals surface area contributed by atoms with Crippen molar-refractivity contribution in [3.63, 3.8) is 0 Å². The summed E-state index contributed by atoms with van der Waals surface area (Å²) in [6, 6.07) is 12.5. The molecule has 0 spiro atoms. The number of carbonyl (C=O) groups excluding carboxylic acids is 1. The van der Waals surface area contributed by atoms with Crippen LogP contribution in [0.3, 0.4) is 0 Å². The zero-order valence-corrected chi connectivity index (χ0v) is 21.0. The van der Waals surface area contributed by atoms with Crippen molar-refractivity contribution in [2.45, 2.75) is 19.4 Å². The van der Waals surface area contributed by atoms with Crippen LogP contribution in [0.1, 0.15) is 22.3 Å². The summed E-state index contributed by atoms with van der Waals surface area (Å²) in [7, 11) is 2.07. The van der Waals surface area contributed by atoms with Crippen LogP contribution in [0.25, 0.3) is 32.2 Å². The maximum atomic E-state index is 13.1. The van der Waals surface area contributed by atoms with E-state index >= 15 is 0 Å². The second kappa shape index (κ2) is 9.29. The third-order valence-corrected chi connectivity index (χ3v) is 7.80. The molecule has 3 aromatic heterocycles. The number of likely N-dealkylation sites (N-methyl/N-ethyl adjacent to an activating group) is 1. The standard InChI is InChI=1S/C28H26N6OS/c1-17-16-36-26-4-3-18(11-22(17)26)23-12-20(13-24-27(23)31-9-8-30-24)32-25-14-29-7-5-21(25)28(35)33-19-6-10-34(2)15-19/h3-5,7-9,11-14,16,19,32H,6,10,15H2,1-2H3,(H,33,35). The zero-order valence-electron chi connectivity index (χ0n) is 20.2. The van der Waals surface area contributed by atoms with Gasteiger partial charge in [0.15, 0.2) is 0 Å². The van der Waals surface area contributed by atoms with E-state index in [0.717, 1.165) is 47.4 Å². The number of aromatic nitrogens is 3. The minimum absolute atomic E-state index is 0.0978. The molecule has 0 bridgehead atoms. The number of carbonyl (C=O) groups is 1. The van der Waals surface area contributed by atoms with Gasteiger partial charge in [0.2, 0.25) is 0 Å². The van der Waals surface area contributed by atoms with Crippen molar-refractivity contribution in [3.8, 4) is 11.1 Å². The van der Waals surface area contributed by atoms with Crippen LogP contribution in [0.5, 0.6) is 0 Å². The summed E-state index contributed by atoms with van der Waals surface area (Å²) >= 11 is 1.75. The van der Waals surface area contributed by atoms with Gasteiger partial charge in [0.25, 0.3) is 5.91 Å². The first-order valence-electron chi connectivity index (χ1n) is 12.0. The third-order valence-electron chi connectivity index (χ3n) is 6.72. The third kappa shape index (κ3) is 4.29. The van der Waals surface area contributed by atoms with Crippen LogP contribution in [0.4, 0.5) is 11.4 Å². The Morgan fingerprint density at radius 3 is 2.86 bits per heavy atom. The lowest BCUT2D eigenvalue weighted by molar-refractivity contribution is 0.0939. The fourth-order valence-electron chi connectivity index (χ4n) is 4.85. The van der Waals surface area contributed by atoms with Crippen molar-refractivity contribution < 1.29 is 4.79 Å². The van der Waals surface area contributed by atoms with Crippen molar-refractivity contribution in [2.75, 3.05) is 25.5 Å². The first kappa shape index (κ1) is 22.6. The molecule has 1 aliphatic rings. The molecule has 7 nitrogen and oxygen atoms in total. The molecule has 1 atom stereocenters. The molecule has 4 heterocycles. The monoisotopic (exact) mass is 494 g/mol. The highest BCUT2D eigenvalue weighted by molar-refractivity contribution is 7.17. The van der Waals surface area contributed by atoms with Gasteiger partial charge in [-0.2, -0.15) is 0 Å². The fourth-order valence-corrected chi connectivity index (χ4v) is 5.78. The van der Waals surface area contributed by atoms with Gasteiger partial charge in [-0.15, -0.1) is 11.3 Å². The smallest absolute Gasteiger partial charge is 0.253 e. The van der Waals surface area contributed by atoms with Crippen LogP contribution < -0.4 is 10.6 Å². The predicted molar refractivity (Wildman–Crippen MR) is 146 cm³/mol. The summed E-state index contributed by atoms with van der Waals surface area (Å²) in [5.41, 5.74) is 6.99. The largest absolute Gasteiger partial charge is 0.354 e. The van der Waals surface area contributed by atoms with Gasteiger partial charge in [-0.05, 0) is 79.2 Å². The Balaban J connectivity index is 1.38. The van der Waals surface area contributed by atoms with Gasteiger partial charge in [-0.3, -0.25) is 19.7 Å². The van der Waals surface area contributed by atoms with Crippen molar-refractivity contribution in [1.82, 2.24) is 25.2 Å². The van der Waals surface area contributed by atoms with E-state index in [1.54, 1.807) is 42.2 Å². The molecular formula is C28H26N6OS. The molecule has 8 heteroatoms. The van der Waals surface area contributed by atoms with Crippen molar-refractivity contribution in [1.29, 1.82) is 0 Å². The van der Waals surface area contributed by atoms with E-state index in [0.29, 0.717) is 11.3 Å². The number of anilines is 2. The highest BCUT2D eigenvalue weighted by Crippen LogP contribution is 2.35.